The highest BCUT2D eigenvalue weighted by atomic mass is 35.5. The minimum Gasteiger partial charge on any atom is -0.495 e. The fraction of sp³-hybridized carbons (Fsp3) is 0.400. The van der Waals surface area contributed by atoms with Crippen LogP contribution < -0.4 is 9.46 Å². The van der Waals surface area contributed by atoms with Gasteiger partial charge >= 0.3 is 0 Å². The molecule has 17 heavy (non-hydrogen) atoms. The third-order valence-corrected chi connectivity index (χ3v) is 4.22. The number of nitrogens with one attached hydrogen (secondary N) is 1. The highest BCUT2D eigenvalue weighted by Gasteiger charge is 2.19. The molecule has 1 aromatic carbocycles. The monoisotopic (exact) mass is 279 g/mol. The van der Waals surface area contributed by atoms with Crippen molar-refractivity contribution in [3.05, 3.63) is 23.2 Å². The van der Waals surface area contributed by atoms with Crippen LogP contribution in [0.5, 0.6) is 5.75 Å². The van der Waals surface area contributed by atoms with Gasteiger partial charge in [-0.2, -0.15) is 0 Å². The highest BCUT2D eigenvalue weighted by molar-refractivity contribution is 7.93. The fourth-order valence-corrected chi connectivity index (χ4v) is 2.20. The maximum absolute atomic E-state index is 11.7. The molecule has 96 valence electrons. The van der Waals surface area contributed by atoms with E-state index in [2.05, 4.69) is 4.72 Å². The van der Waals surface area contributed by atoms with Gasteiger partial charge in [0.2, 0.25) is 10.0 Å². The second kappa shape index (κ2) is 5.57. The molecular formula is C10H14ClNO4S. The third-order valence-electron chi connectivity index (χ3n) is 2.20. The van der Waals surface area contributed by atoms with E-state index in [-0.39, 0.29) is 0 Å². The van der Waals surface area contributed by atoms with Gasteiger partial charge in [0, 0.05) is 0 Å². The number of anilines is 1. The minimum atomic E-state index is -3.60. The first kappa shape index (κ1) is 14.1. The third kappa shape index (κ3) is 3.49. The fourth-order valence-electron chi connectivity index (χ4n) is 1.09. The van der Waals surface area contributed by atoms with E-state index in [0.717, 1.165) is 0 Å². The van der Waals surface area contributed by atoms with Crippen LogP contribution in [0, 0.1) is 0 Å². The molecule has 0 saturated carbocycles. The van der Waals surface area contributed by atoms with Gasteiger partial charge in [-0.1, -0.05) is 11.6 Å². The molecular weight excluding hydrogens is 266 g/mol. The van der Waals surface area contributed by atoms with Crippen LogP contribution in [0.15, 0.2) is 18.2 Å². The molecule has 1 unspecified atom stereocenters. The standard InChI is InChI=1S/C10H14ClNO4S/c1-7(6-13)17(14,15)12-8-3-4-10(16-2)9(11)5-8/h3-5,7,12-13H,6H2,1-2H3. The van der Waals surface area contributed by atoms with Gasteiger partial charge in [0.15, 0.2) is 0 Å². The number of rotatable bonds is 5. The predicted octanol–water partition coefficient (Wildman–Crippen LogP) is 1.47. The predicted molar refractivity (Wildman–Crippen MR) is 67.1 cm³/mol. The highest BCUT2D eigenvalue weighted by Crippen LogP contribution is 2.27. The molecule has 1 aromatic rings. The smallest absolute Gasteiger partial charge is 0.237 e. The van der Waals surface area contributed by atoms with E-state index in [9.17, 15) is 8.42 Å². The average molecular weight is 280 g/mol. The van der Waals surface area contributed by atoms with Crippen molar-refractivity contribution in [1.82, 2.24) is 0 Å². The zero-order valence-corrected chi connectivity index (χ0v) is 11.0. The summed E-state index contributed by atoms with van der Waals surface area (Å²) in [6.45, 7) is 0.965. The molecule has 2 N–H and O–H groups in total. The molecule has 0 amide bonds. The van der Waals surface area contributed by atoms with Crippen molar-refractivity contribution < 1.29 is 18.3 Å². The summed E-state index contributed by atoms with van der Waals surface area (Å²) in [5.41, 5.74) is 0.330. The summed E-state index contributed by atoms with van der Waals surface area (Å²) in [5.74, 6) is 0.463. The van der Waals surface area contributed by atoms with Crippen LogP contribution in [0.3, 0.4) is 0 Å². The van der Waals surface area contributed by atoms with Crippen LogP contribution in [0.2, 0.25) is 5.02 Å². The van der Waals surface area contributed by atoms with Crippen molar-refractivity contribution in [1.29, 1.82) is 0 Å². The van der Waals surface area contributed by atoms with Crippen molar-refractivity contribution in [2.45, 2.75) is 12.2 Å². The first-order valence-electron chi connectivity index (χ1n) is 4.86. The number of benzene rings is 1. The number of hydrogen-bond donors (Lipinski definition) is 2. The van der Waals surface area contributed by atoms with E-state index in [0.29, 0.717) is 16.5 Å². The van der Waals surface area contributed by atoms with Crippen molar-refractivity contribution in [2.24, 2.45) is 0 Å². The Labute approximate surface area is 105 Å². The van der Waals surface area contributed by atoms with E-state index in [1.165, 1.54) is 26.2 Å². The van der Waals surface area contributed by atoms with Crippen LogP contribution in [0.25, 0.3) is 0 Å². The molecule has 0 aliphatic carbocycles. The van der Waals surface area contributed by atoms with Crippen molar-refractivity contribution >= 4 is 27.3 Å². The Kier molecular flexibility index (Phi) is 4.62. The van der Waals surface area contributed by atoms with E-state index >= 15 is 0 Å². The van der Waals surface area contributed by atoms with Gasteiger partial charge < -0.3 is 9.84 Å². The van der Waals surface area contributed by atoms with Gasteiger partial charge in [0.1, 0.15) is 11.0 Å². The lowest BCUT2D eigenvalue weighted by Crippen LogP contribution is -2.28. The Morgan fingerprint density at radius 2 is 2.18 bits per heavy atom. The van der Waals surface area contributed by atoms with Gasteiger partial charge in [-0.3, -0.25) is 4.72 Å². The number of hydrogen-bond acceptors (Lipinski definition) is 4. The molecule has 0 aliphatic rings. The largest absolute Gasteiger partial charge is 0.495 e. The van der Waals surface area contributed by atoms with Crippen LogP contribution in [-0.4, -0.2) is 32.5 Å². The van der Waals surface area contributed by atoms with Crippen LogP contribution >= 0.6 is 11.6 Å². The van der Waals surface area contributed by atoms with Crippen molar-refractivity contribution in [3.63, 3.8) is 0 Å². The zero-order valence-electron chi connectivity index (χ0n) is 9.47. The topological polar surface area (TPSA) is 75.6 Å². The number of aliphatic hydroxyl groups excluding tert-OH is 1. The van der Waals surface area contributed by atoms with Crippen LogP contribution in [0.4, 0.5) is 5.69 Å². The Bertz CT molecular complexity index is 489. The maximum atomic E-state index is 11.7. The second-order valence-corrected chi connectivity index (χ2v) is 6.00. The molecule has 7 heteroatoms. The van der Waals surface area contributed by atoms with Gasteiger partial charge in [0.25, 0.3) is 0 Å². The molecule has 1 atom stereocenters. The number of halogens is 1. The molecule has 0 spiro atoms. The molecule has 0 heterocycles. The maximum Gasteiger partial charge on any atom is 0.237 e. The Morgan fingerprint density at radius 1 is 1.53 bits per heavy atom. The van der Waals surface area contributed by atoms with E-state index in [1.807, 2.05) is 0 Å². The van der Waals surface area contributed by atoms with Crippen molar-refractivity contribution in [3.8, 4) is 5.75 Å². The molecule has 0 aromatic heterocycles. The van der Waals surface area contributed by atoms with Crippen molar-refractivity contribution in [2.75, 3.05) is 18.4 Å². The van der Waals surface area contributed by atoms with Crippen LogP contribution in [-0.2, 0) is 10.0 Å². The van der Waals surface area contributed by atoms with E-state index in [1.54, 1.807) is 6.07 Å². The summed E-state index contributed by atoms with van der Waals surface area (Å²) in [7, 11) is -2.13. The summed E-state index contributed by atoms with van der Waals surface area (Å²) in [5, 5.41) is 8.24. The van der Waals surface area contributed by atoms with Crippen LogP contribution in [0.1, 0.15) is 6.92 Å². The molecule has 0 fully saturated rings. The summed E-state index contributed by atoms with van der Waals surface area (Å²) in [4.78, 5) is 0. The molecule has 5 nitrogen and oxygen atoms in total. The number of aliphatic hydroxyl groups is 1. The zero-order chi connectivity index (χ0) is 13.1. The minimum absolute atomic E-state index is 0.310. The Balaban J connectivity index is 2.93. The first-order valence-corrected chi connectivity index (χ1v) is 6.79. The molecule has 0 radical (unpaired) electrons. The quantitative estimate of drug-likeness (QED) is 0.856. The summed E-state index contributed by atoms with van der Waals surface area (Å²) in [6.07, 6.45) is 0. The molecule has 0 saturated heterocycles. The van der Waals surface area contributed by atoms with E-state index < -0.39 is 21.9 Å². The lowest BCUT2D eigenvalue weighted by Gasteiger charge is -2.13. The first-order chi connectivity index (χ1) is 7.90. The Morgan fingerprint density at radius 3 is 2.65 bits per heavy atom. The summed E-state index contributed by atoms with van der Waals surface area (Å²) >= 11 is 5.86. The van der Waals surface area contributed by atoms with Gasteiger partial charge in [0.05, 0.1) is 24.4 Å². The summed E-state index contributed by atoms with van der Waals surface area (Å²) in [6, 6.07) is 4.54. The van der Waals surface area contributed by atoms with Gasteiger partial charge in [-0.05, 0) is 25.1 Å². The van der Waals surface area contributed by atoms with Gasteiger partial charge in [-0.25, -0.2) is 8.42 Å². The van der Waals surface area contributed by atoms with Gasteiger partial charge in [-0.15, -0.1) is 0 Å². The second-order valence-electron chi connectivity index (χ2n) is 3.49. The summed E-state index contributed by atoms with van der Waals surface area (Å²) < 4.78 is 30.6. The van der Waals surface area contributed by atoms with E-state index in [4.69, 9.17) is 21.4 Å². The number of sulfonamides is 1. The molecule has 0 aliphatic heterocycles. The lowest BCUT2D eigenvalue weighted by molar-refractivity contribution is 0.296. The number of methoxy groups -OCH3 is 1. The average Bonchev–Trinajstić information content (AvgIpc) is 2.27. The lowest BCUT2D eigenvalue weighted by atomic mass is 10.3. The molecule has 0 bridgehead atoms. The Hall–Kier alpha value is -0.980. The number of ether oxygens (including phenoxy) is 1. The SMILES string of the molecule is COc1ccc(NS(=O)(=O)C(C)CO)cc1Cl. The molecule has 1 rings (SSSR count). The normalized spacial score (nSPS) is 13.2.